The number of hydrogen-bond acceptors (Lipinski definition) is 3. The molecule has 1 aliphatic heterocycles. The van der Waals surface area contributed by atoms with Crippen LogP contribution in [0.25, 0.3) is 11.1 Å². The van der Waals surface area contributed by atoms with E-state index in [2.05, 4.69) is 10.6 Å². The van der Waals surface area contributed by atoms with Crippen LogP contribution in [-0.2, 0) is 9.36 Å². The number of nitrogens with zero attached hydrogens (tertiary/aromatic N) is 1. The average molecular weight is 536 g/mol. The Kier molecular flexibility index (Phi) is 7.16. The van der Waals surface area contributed by atoms with Gasteiger partial charge in [-0.05, 0) is 61.2 Å². The second kappa shape index (κ2) is 9.99. The minimum atomic E-state index is -2.73. The van der Waals surface area contributed by atoms with Gasteiger partial charge < -0.3 is 20.1 Å². The van der Waals surface area contributed by atoms with Crippen molar-refractivity contribution >= 4 is 47.4 Å². The minimum Gasteiger partial charge on any atom is -0.326 e. The van der Waals surface area contributed by atoms with Crippen molar-refractivity contribution in [3.8, 4) is 11.1 Å². The lowest BCUT2D eigenvalue weighted by atomic mass is 10.0. The molecule has 0 saturated carbocycles. The van der Waals surface area contributed by atoms with Crippen molar-refractivity contribution in [2.24, 2.45) is 0 Å². The lowest BCUT2D eigenvalue weighted by Gasteiger charge is -2.20. The Balaban J connectivity index is 1.53. The van der Waals surface area contributed by atoms with Crippen molar-refractivity contribution in [2.45, 2.75) is 12.5 Å². The number of amides is 3. The zero-order valence-electron chi connectivity index (χ0n) is 19.3. The summed E-state index contributed by atoms with van der Waals surface area (Å²) in [6, 6.07) is 10.6. The topological polar surface area (TPSA) is 78.5 Å². The molecule has 0 unspecified atom stereocenters. The highest BCUT2D eigenvalue weighted by Gasteiger charge is 2.36. The monoisotopic (exact) mass is 535 g/mol. The summed E-state index contributed by atoms with van der Waals surface area (Å²) in [5.74, 6) is -3.41. The molecule has 3 amide bonds. The van der Waals surface area contributed by atoms with E-state index in [4.69, 9.17) is 11.6 Å². The molecule has 6 nitrogen and oxygen atoms in total. The molecule has 4 rings (SSSR count). The highest BCUT2D eigenvalue weighted by molar-refractivity contribution is 7.70. The van der Waals surface area contributed by atoms with Crippen molar-refractivity contribution in [1.82, 2.24) is 5.32 Å². The predicted octanol–water partition coefficient (Wildman–Crippen LogP) is 5.60. The van der Waals surface area contributed by atoms with Gasteiger partial charge in [-0.1, -0.05) is 35.9 Å². The average Bonchev–Trinajstić information content (AvgIpc) is 3.14. The van der Waals surface area contributed by atoms with Crippen molar-refractivity contribution < 1.29 is 27.3 Å². The van der Waals surface area contributed by atoms with E-state index >= 15 is 8.78 Å². The molecule has 2 N–H and O–H groups in total. The molecule has 0 spiro atoms. The molecule has 1 heterocycles. The summed E-state index contributed by atoms with van der Waals surface area (Å²) < 4.78 is 56.9. The Morgan fingerprint density at radius 2 is 1.69 bits per heavy atom. The third kappa shape index (κ3) is 5.27. The van der Waals surface area contributed by atoms with Crippen LogP contribution in [0.2, 0.25) is 5.02 Å². The second-order valence-corrected chi connectivity index (χ2v) is 12.3. The first-order valence-electron chi connectivity index (χ1n) is 10.9. The maximum atomic E-state index is 15.1. The molecule has 1 atom stereocenters. The number of nitrogens with one attached hydrogen (secondary N) is 2. The Labute approximate surface area is 210 Å². The first-order valence-corrected chi connectivity index (χ1v) is 13.9. The molecule has 1 fully saturated rings. The van der Waals surface area contributed by atoms with Gasteiger partial charge in [-0.2, -0.15) is 0 Å². The zero-order valence-corrected chi connectivity index (χ0v) is 21.0. The number of carbonyl (C=O) groups is 2. The Bertz CT molecular complexity index is 1390. The summed E-state index contributed by atoms with van der Waals surface area (Å²) in [4.78, 5) is 26.1. The zero-order chi connectivity index (χ0) is 26.2. The lowest BCUT2D eigenvalue weighted by molar-refractivity contribution is -0.118. The first-order chi connectivity index (χ1) is 17.0. The smallest absolute Gasteiger partial charge is 0.319 e. The molecule has 36 heavy (non-hydrogen) atoms. The van der Waals surface area contributed by atoms with Crippen molar-refractivity contribution in [3.05, 3.63) is 77.1 Å². The van der Waals surface area contributed by atoms with Gasteiger partial charge in [0.1, 0.15) is 24.7 Å². The van der Waals surface area contributed by atoms with Gasteiger partial charge in [-0.3, -0.25) is 4.79 Å². The van der Waals surface area contributed by atoms with Gasteiger partial charge in [-0.25, -0.2) is 18.0 Å². The van der Waals surface area contributed by atoms with Crippen molar-refractivity contribution in [2.75, 3.05) is 30.1 Å². The van der Waals surface area contributed by atoms with Crippen LogP contribution < -0.4 is 20.8 Å². The SMILES string of the molecule is CP(C)(=O)c1ccccc1-c1cc(F)c(N2CC[C@@H](NC(=O)Nc3ccc(Cl)cc3F)C2=O)c(F)c1. The summed E-state index contributed by atoms with van der Waals surface area (Å²) in [6.45, 7) is 3.10. The fourth-order valence-electron chi connectivity index (χ4n) is 4.11. The maximum Gasteiger partial charge on any atom is 0.319 e. The van der Waals surface area contributed by atoms with Crippen molar-refractivity contribution in [1.29, 1.82) is 0 Å². The summed E-state index contributed by atoms with van der Waals surface area (Å²) >= 11 is 5.69. The van der Waals surface area contributed by atoms with Crippen LogP contribution in [0.1, 0.15) is 6.42 Å². The van der Waals surface area contributed by atoms with E-state index in [0.29, 0.717) is 10.9 Å². The van der Waals surface area contributed by atoms with Crippen LogP contribution >= 0.6 is 18.7 Å². The quantitative estimate of drug-likeness (QED) is 0.418. The molecule has 1 aliphatic rings. The molecule has 1 saturated heterocycles. The van der Waals surface area contributed by atoms with Crippen LogP contribution in [0, 0.1) is 17.5 Å². The minimum absolute atomic E-state index is 0.0397. The van der Waals surface area contributed by atoms with Gasteiger partial charge in [0.15, 0.2) is 11.6 Å². The second-order valence-electron chi connectivity index (χ2n) is 8.71. The van der Waals surface area contributed by atoms with Gasteiger partial charge in [0.2, 0.25) is 5.91 Å². The summed E-state index contributed by atoms with van der Waals surface area (Å²) in [5, 5.41) is 5.32. The lowest BCUT2D eigenvalue weighted by Crippen LogP contribution is -2.43. The van der Waals surface area contributed by atoms with Crippen molar-refractivity contribution in [3.63, 3.8) is 0 Å². The third-order valence-corrected chi connectivity index (χ3v) is 7.56. The van der Waals surface area contributed by atoms with Crippen LogP contribution in [0.15, 0.2) is 54.6 Å². The summed E-state index contributed by atoms with van der Waals surface area (Å²) in [7, 11) is -2.73. The van der Waals surface area contributed by atoms with Crippen LogP contribution in [-0.4, -0.2) is 37.9 Å². The number of anilines is 2. The number of benzene rings is 3. The van der Waals surface area contributed by atoms with E-state index in [1.807, 2.05) is 0 Å². The van der Waals surface area contributed by atoms with Gasteiger partial charge in [-0.15, -0.1) is 0 Å². The predicted molar refractivity (Wildman–Crippen MR) is 135 cm³/mol. The highest BCUT2D eigenvalue weighted by Crippen LogP contribution is 2.40. The number of halogens is 4. The van der Waals surface area contributed by atoms with Gasteiger partial charge in [0.05, 0.1) is 5.69 Å². The molecule has 0 aliphatic carbocycles. The molecule has 3 aromatic rings. The van der Waals surface area contributed by atoms with Crippen LogP contribution in [0.4, 0.5) is 29.3 Å². The van der Waals surface area contributed by atoms with E-state index in [1.54, 1.807) is 37.6 Å². The fourth-order valence-corrected chi connectivity index (χ4v) is 5.50. The number of rotatable bonds is 5. The summed E-state index contributed by atoms with van der Waals surface area (Å²) in [5.41, 5.74) is -0.0470. The van der Waals surface area contributed by atoms with Gasteiger partial charge >= 0.3 is 6.03 Å². The maximum absolute atomic E-state index is 15.1. The van der Waals surface area contributed by atoms with E-state index in [0.717, 1.165) is 23.1 Å². The largest absolute Gasteiger partial charge is 0.326 e. The molecular formula is C25H22ClF3N3O3P. The fraction of sp³-hybridized carbons (Fsp3) is 0.200. The number of hydrogen-bond donors (Lipinski definition) is 2. The molecule has 188 valence electrons. The van der Waals surface area contributed by atoms with Gasteiger partial charge in [0.25, 0.3) is 0 Å². The van der Waals surface area contributed by atoms with Gasteiger partial charge in [0, 0.05) is 16.9 Å². The van der Waals surface area contributed by atoms with E-state index < -0.39 is 48.3 Å². The molecular weight excluding hydrogens is 514 g/mol. The van der Waals surface area contributed by atoms with E-state index in [1.165, 1.54) is 12.1 Å². The third-order valence-electron chi connectivity index (χ3n) is 5.77. The van der Waals surface area contributed by atoms with Crippen LogP contribution in [0.5, 0.6) is 0 Å². The highest BCUT2D eigenvalue weighted by atomic mass is 35.5. The van der Waals surface area contributed by atoms with E-state index in [-0.39, 0.29) is 29.2 Å². The summed E-state index contributed by atoms with van der Waals surface area (Å²) in [6.07, 6.45) is 0.0909. The molecule has 3 aromatic carbocycles. The molecule has 0 radical (unpaired) electrons. The molecule has 11 heteroatoms. The number of carbonyl (C=O) groups excluding carboxylic acids is 2. The molecule has 0 bridgehead atoms. The van der Waals surface area contributed by atoms with E-state index in [9.17, 15) is 18.5 Å². The molecule has 0 aromatic heterocycles. The normalized spacial score (nSPS) is 15.8. The standard InChI is InChI=1S/C25H22ClF3N3O3P/c1-36(2,35)22-6-4-3-5-16(22)14-11-18(28)23(19(29)12-14)32-10-9-21(24(32)33)31-25(34)30-20-8-7-15(26)13-17(20)27/h3-8,11-13,21H,9-10H2,1-2H3,(H2,30,31,34)/t21-/m1/s1. The Morgan fingerprint density at radius 3 is 2.33 bits per heavy atom. The Morgan fingerprint density at radius 1 is 1.03 bits per heavy atom. The Hall–Kier alpha value is -3.29. The number of urea groups is 1. The first kappa shape index (κ1) is 25.8. The van der Waals surface area contributed by atoms with Crippen LogP contribution in [0.3, 0.4) is 0 Å².